The highest BCUT2D eigenvalue weighted by Crippen LogP contribution is 2.24. The molecule has 0 radical (unpaired) electrons. The van der Waals surface area contributed by atoms with E-state index in [2.05, 4.69) is 48.2 Å². The van der Waals surface area contributed by atoms with E-state index < -0.39 is 0 Å². The summed E-state index contributed by atoms with van der Waals surface area (Å²) in [6, 6.07) is 6.56. The number of hydrogen-bond donors (Lipinski definition) is 3. The van der Waals surface area contributed by atoms with Gasteiger partial charge in [-0.25, -0.2) is 4.98 Å². The standard InChI is InChI=1S/C24H34N8S/c33-24(28-20-4-1-2-5-20)30-23-7-6-21-22(29-23)14-18(15-26-21)19-16-27-32(17-19)11-3-10-31-12-8-25-9-13-31/h6-7,14-16,19-20,25H,1-5,8-13,17H2,(H2,28,29,30,33). The Morgan fingerprint density at radius 3 is 2.82 bits per heavy atom. The van der Waals surface area contributed by atoms with Crippen molar-refractivity contribution < 1.29 is 0 Å². The summed E-state index contributed by atoms with van der Waals surface area (Å²) in [6.07, 6.45) is 10.1. The Hall–Kier alpha value is -2.36. The SMILES string of the molecule is S=C(Nc1ccc2ncc(C3C=NN(CCCN4CCNCC4)C3)cc2n1)NC1CCCC1. The fourth-order valence-electron chi connectivity index (χ4n) is 4.95. The molecule has 5 rings (SSSR count). The molecule has 3 aliphatic rings. The number of anilines is 1. The third kappa shape index (κ3) is 5.96. The lowest BCUT2D eigenvalue weighted by molar-refractivity contribution is 0.217. The summed E-state index contributed by atoms with van der Waals surface area (Å²) in [5.74, 6) is 1.01. The van der Waals surface area contributed by atoms with Crippen LogP contribution < -0.4 is 16.0 Å². The number of nitrogens with zero attached hydrogens (tertiary/aromatic N) is 5. The lowest BCUT2D eigenvalue weighted by Crippen LogP contribution is -2.44. The van der Waals surface area contributed by atoms with Gasteiger partial charge in [-0.15, -0.1) is 0 Å². The molecule has 1 atom stereocenters. The van der Waals surface area contributed by atoms with Crippen molar-refractivity contribution in [2.24, 2.45) is 5.10 Å². The number of rotatable bonds is 7. The van der Waals surface area contributed by atoms with E-state index in [0.717, 1.165) is 74.6 Å². The number of hydrogen-bond acceptors (Lipinski definition) is 7. The Morgan fingerprint density at radius 1 is 1.12 bits per heavy atom. The number of aromatic nitrogens is 2. The smallest absolute Gasteiger partial charge is 0.172 e. The first-order valence-electron chi connectivity index (χ1n) is 12.3. The maximum atomic E-state index is 5.49. The molecule has 0 bridgehead atoms. The van der Waals surface area contributed by atoms with Crippen LogP contribution in [0.2, 0.25) is 0 Å². The second-order valence-corrected chi connectivity index (χ2v) is 9.72. The lowest BCUT2D eigenvalue weighted by Gasteiger charge is -2.27. The molecule has 4 heterocycles. The van der Waals surface area contributed by atoms with Gasteiger partial charge in [-0.05, 0) is 61.8 Å². The van der Waals surface area contributed by atoms with E-state index in [0.29, 0.717) is 11.2 Å². The Balaban J connectivity index is 1.15. The van der Waals surface area contributed by atoms with Crippen LogP contribution in [0, 0.1) is 0 Å². The predicted molar refractivity (Wildman–Crippen MR) is 138 cm³/mol. The van der Waals surface area contributed by atoms with Gasteiger partial charge in [0.15, 0.2) is 5.11 Å². The van der Waals surface area contributed by atoms with Crippen LogP contribution in [0.15, 0.2) is 29.5 Å². The van der Waals surface area contributed by atoms with Crippen molar-refractivity contribution in [3.05, 3.63) is 30.0 Å². The molecule has 2 fully saturated rings. The van der Waals surface area contributed by atoms with Gasteiger partial charge in [-0.3, -0.25) is 9.99 Å². The van der Waals surface area contributed by atoms with Gasteiger partial charge in [0, 0.05) is 63.6 Å². The number of fused-ring (bicyclic) bond motifs is 1. The van der Waals surface area contributed by atoms with Crippen molar-refractivity contribution in [1.29, 1.82) is 0 Å². The first-order chi connectivity index (χ1) is 16.2. The number of hydrazone groups is 1. The molecule has 2 aromatic heterocycles. The Morgan fingerprint density at radius 2 is 1.97 bits per heavy atom. The molecule has 1 saturated heterocycles. The minimum atomic E-state index is 0.254. The number of nitrogens with one attached hydrogen (secondary N) is 3. The topological polar surface area (TPSA) is 80.7 Å². The average molecular weight is 467 g/mol. The minimum absolute atomic E-state index is 0.254. The van der Waals surface area contributed by atoms with Crippen molar-refractivity contribution in [3.8, 4) is 0 Å². The highest BCUT2D eigenvalue weighted by atomic mass is 32.1. The van der Waals surface area contributed by atoms with E-state index in [1.54, 1.807) is 0 Å². The first-order valence-corrected chi connectivity index (χ1v) is 12.7. The van der Waals surface area contributed by atoms with Crippen LogP contribution >= 0.6 is 12.2 Å². The molecular formula is C24H34N8S. The molecule has 9 heteroatoms. The molecule has 0 spiro atoms. The Labute approximate surface area is 201 Å². The molecule has 0 amide bonds. The van der Waals surface area contributed by atoms with Gasteiger partial charge in [0.2, 0.25) is 0 Å². The van der Waals surface area contributed by atoms with Crippen LogP contribution in [-0.2, 0) is 0 Å². The van der Waals surface area contributed by atoms with Crippen LogP contribution in [0.1, 0.15) is 43.6 Å². The fraction of sp³-hybridized carbons (Fsp3) is 0.583. The van der Waals surface area contributed by atoms with Gasteiger partial charge >= 0.3 is 0 Å². The normalized spacial score (nSPS) is 21.7. The molecule has 2 aliphatic heterocycles. The summed E-state index contributed by atoms with van der Waals surface area (Å²) in [5.41, 5.74) is 2.93. The zero-order valence-electron chi connectivity index (χ0n) is 19.2. The largest absolute Gasteiger partial charge is 0.360 e. The summed E-state index contributed by atoms with van der Waals surface area (Å²) in [7, 11) is 0. The third-order valence-electron chi connectivity index (χ3n) is 6.84. The molecule has 1 saturated carbocycles. The maximum Gasteiger partial charge on any atom is 0.172 e. The number of piperazine rings is 1. The van der Waals surface area contributed by atoms with E-state index >= 15 is 0 Å². The molecule has 176 valence electrons. The van der Waals surface area contributed by atoms with Crippen molar-refractivity contribution >= 4 is 40.4 Å². The van der Waals surface area contributed by atoms with Gasteiger partial charge in [0.25, 0.3) is 0 Å². The Bertz CT molecular complexity index is 984. The van der Waals surface area contributed by atoms with Crippen LogP contribution in [-0.4, -0.2) is 83.1 Å². The first kappa shape index (κ1) is 22.4. The third-order valence-corrected chi connectivity index (χ3v) is 7.06. The van der Waals surface area contributed by atoms with Crippen LogP contribution in [0.25, 0.3) is 11.0 Å². The summed E-state index contributed by atoms with van der Waals surface area (Å²) in [4.78, 5) is 12.0. The molecule has 3 N–H and O–H groups in total. The highest BCUT2D eigenvalue weighted by molar-refractivity contribution is 7.80. The van der Waals surface area contributed by atoms with Gasteiger partial charge in [-0.2, -0.15) is 5.10 Å². The maximum absolute atomic E-state index is 5.49. The van der Waals surface area contributed by atoms with Crippen molar-refractivity contribution in [1.82, 2.24) is 30.5 Å². The van der Waals surface area contributed by atoms with E-state index in [1.165, 1.54) is 25.7 Å². The highest BCUT2D eigenvalue weighted by Gasteiger charge is 2.21. The Kier molecular flexibility index (Phi) is 7.28. The second-order valence-electron chi connectivity index (χ2n) is 9.31. The van der Waals surface area contributed by atoms with Crippen molar-refractivity contribution in [2.75, 3.05) is 51.1 Å². The van der Waals surface area contributed by atoms with Gasteiger partial charge in [-0.1, -0.05) is 12.8 Å². The van der Waals surface area contributed by atoms with Gasteiger partial charge in [0.1, 0.15) is 5.82 Å². The fourth-order valence-corrected chi connectivity index (χ4v) is 5.22. The summed E-state index contributed by atoms with van der Waals surface area (Å²) in [6.45, 7) is 7.56. The van der Waals surface area contributed by atoms with Crippen LogP contribution in [0.4, 0.5) is 5.82 Å². The zero-order chi connectivity index (χ0) is 22.5. The van der Waals surface area contributed by atoms with Gasteiger partial charge in [0.05, 0.1) is 11.0 Å². The molecule has 1 unspecified atom stereocenters. The van der Waals surface area contributed by atoms with E-state index in [9.17, 15) is 0 Å². The molecular weight excluding hydrogens is 432 g/mol. The minimum Gasteiger partial charge on any atom is -0.360 e. The van der Waals surface area contributed by atoms with E-state index in [-0.39, 0.29) is 5.92 Å². The summed E-state index contributed by atoms with van der Waals surface area (Å²) < 4.78 is 0. The zero-order valence-corrected chi connectivity index (χ0v) is 20.0. The van der Waals surface area contributed by atoms with Crippen LogP contribution in [0.3, 0.4) is 0 Å². The molecule has 8 nitrogen and oxygen atoms in total. The quantitative estimate of drug-likeness (QED) is 0.537. The van der Waals surface area contributed by atoms with E-state index in [1.807, 2.05) is 18.3 Å². The lowest BCUT2D eigenvalue weighted by atomic mass is 10.0. The van der Waals surface area contributed by atoms with Crippen LogP contribution in [0.5, 0.6) is 0 Å². The monoisotopic (exact) mass is 466 g/mol. The van der Waals surface area contributed by atoms with E-state index in [4.69, 9.17) is 17.2 Å². The average Bonchev–Trinajstić information content (AvgIpc) is 3.52. The van der Waals surface area contributed by atoms with Gasteiger partial charge < -0.3 is 20.9 Å². The molecule has 33 heavy (non-hydrogen) atoms. The molecule has 0 aromatic carbocycles. The van der Waals surface area contributed by atoms with Crippen molar-refractivity contribution in [3.63, 3.8) is 0 Å². The predicted octanol–water partition coefficient (Wildman–Crippen LogP) is 2.54. The summed E-state index contributed by atoms with van der Waals surface area (Å²) >= 11 is 5.49. The number of pyridine rings is 2. The second kappa shape index (κ2) is 10.7. The molecule has 1 aliphatic carbocycles. The summed E-state index contributed by atoms with van der Waals surface area (Å²) in [5, 5.41) is 17.6. The molecule has 2 aromatic rings. The number of thiocarbonyl (C=S) groups is 1. The van der Waals surface area contributed by atoms with Crippen molar-refractivity contribution in [2.45, 2.75) is 44.1 Å².